The van der Waals surface area contributed by atoms with Gasteiger partial charge in [0.2, 0.25) is 0 Å². The van der Waals surface area contributed by atoms with Crippen molar-refractivity contribution in [2.24, 2.45) is 5.92 Å². The van der Waals surface area contributed by atoms with Crippen LogP contribution in [0, 0.1) is 5.92 Å². The Labute approximate surface area is 185 Å². The summed E-state index contributed by atoms with van der Waals surface area (Å²) in [6.07, 6.45) is 1.77. The number of nitrogens with zero attached hydrogens (tertiary/aromatic N) is 1. The predicted octanol–water partition coefficient (Wildman–Crippen LogP) is 4.68. The summed E-state index contributed by atoms with van der Waals surface area (Å²) in [4.78, 5) is 26.9. The Morgan fingerprint density at radius 1 is 1.06 bits per heavy atom. The molecule has 0 spiro atoms. The van der Waals surface area contributed by atoms with Crippen LogP contribution < -0.4 is 10.6 Å². The molecular formula is C25H33N3O3. The van der Waals surface area contributed by atoms with Crippen LogP contribution in [0.15, 0.2) is 54.6 Å². The number of anilines is 1. The van der Waals surface area contributed by atoms with Gasteiger partial charge in [0.1, 0.15) is 5.60 Å². The monoisotopic (exact) mass is 423 g/mol. The van der Waals surface area contributed by atoms with E-state index in [-0.39, 0.29) is 5.91 Å². The highest BCUT2D eigenvalue weighted by Crippen LogP contribution is 2.18. The third-order valence-electron chi connectivity index (χ3n) is 5.20. The van der Waals surface area contributed by atoms with E-state index < -0.39 is 11.7 Å². The molecule has 6 heteroatoms. The molecule has 1 aliphatic rings. The van der Waals surface area contributed by atoms with Gasteiger partial charge in [-0.25, -0.2) is 4.79 Å². The molecule has 2 amide bonds. The predicted molar refractivity (Wildman–Crippen MR) is 123 cm³/mol. The third-order valence-corrected chi connectivity index (χ3v) is 5.20. The van der Waals surface area contributed by atoms with E-state index in [9.17, 15) is 9.59 Å². The van der Waals surface area contributed by atoms with E-state index in [0.717, 1.165) is 32.5 Å². The van der Waals surface area contributed by atoms with Crippen molar-refractivity contribution in [3.8, 4) is 0 Å². The van der Waals surface area contributed by atoms with Crippen LogP contribution in [0.25, 0.3) is 0 Å². The molecule has 1 fully saturated rings. The van der Waals surface area contributed by atoms with Crippen LogP contribution in [-0.4, -0.2) is 42.1 Å². The van der Waals surface area contributed by atoms with E-state index in [2.05, 4.69) is 39.8 Å². The second-order valence-electron chi connectivity index (χ2n) is 9.14. The summed E-state index contributed by atoms with van der Waals surface area (Å²) < 4.78 is 5.24. The Hall–Kier alpha value is -2.86. The van der Waals surface area contributed by atoms with Crippen molar-refractivity contribution < 1.29 is 14.3 Å². The lowest BCUT2D eigenvalue weighted by Gasteiger charge is -2.32. The zero-order chi connectivity index (χ0) is 22.3. The summed E-state index contributed by atoms with van der Waals surface area (Å²) in [7, 11) is 0. The van der Waals surface area contributed by atoms with Gasteiger partial charge < -0.3 is 10.1 Å². The van der Waals surface area contributed by atoms with Gasteiger partial charge in [-0.15, -0.1) is 0 Å². The second kappa shape index (κ2) is 10.4. The number of rotatable bonds is 6. The SMILES string of the molecule is CC(C)(C)OC(=O)Nc1ccc(C(=O)NCC2CCCN(Cc3ccccc3)C2)cc1. The van der Waals surface area contributed by atoms with Crippen molar-refractivity contribution >= 4 is 17.7 Å². The van der Waals surface area contributed by atoms with Crippen molar-refractivity contribution in [2.75, 3.05) is 25.0 Å². The summed E-state index contributed by atoms with van der Waals surface area (Å²) >= 11 is 0. The number of hydrogen-bond acceptors (Lipinski definition) is 4. The van der Waals surface area contributed by atoms with Crippen LogP contribution in [0.5, 0.6) is 0 Å². The van der Waals surface area contributed by atoms with Crippen LogP contribution in [0.2, 0.25) is 0 Å². The first-order valence-electron chi connectivity index (χ1n) is 10.9. The molecule has 1 aliphatic heterocycles. The maximum atomic E-state index is 12.5. The summed E-state index contributed by atoms with van der Waals surface area (Å²) in [5, 5.41) is 5.74. The number of ether oxygens (including phenoxy) is 1. The molecule has 0 aromatic heterocycles. The van der Waals surface area contributed by atoms with Crippen molar-refractivity contribution in [2.45, 2.75) is 45.8 Å². The first-order chi connectivity index (χ1) is 14.8. The van der Waals surface area contributed by atoms with Crippen LogP contribution in [0.4, 0.5) is 10.5 Å². The Balaban J connectivity index is 1.45. The highest BCUT2D eigenvalue weighted by atomic mass is 16.6. The van der Waals surface area contributed by atoms with E-state index >= 15 is 0 Å². The standard InChI is InChI=1S/C25H33N3O3/c1-25(2,3)31-24(30)27-22-13-11-21(12-14-22)23(29)26-16-20-10-7-15-28(18-20)17-19-8-5-4-6-9-19/h4-6,8-9,11-14,20H,7,10,15-18H2,1-3H3,(H,26,29)(H,27,30). The zero-order valence-corrected chi connectivity index (χ0v) is 18.7. The fraction of sp³-hybridized carbons (Fsp3) is 0.440. The van der Waals surface area contributed by atoms with Crippen molar-refractivity contribution in [1.82, 2.24) is 10.2 Å². The first kappa shape index (κ1) is 22.8. The smallest absolute Gasteiger partial charge is 0.412 e. The largest absolute Gasteiger partial charge is 0.444 e. The number of nitrogens with one attached hydrogen (secondary N) is 2. The average Bonchev–Trinajstić information content (AvgIpc) is 2.72. The van der Waals surface area contributed by atoms with Crippen molar-refractivity contribution in [3.05, 3.63) is 65.7 Å². The Morgan fingerprint density at radius 3 is 2.45 bits per heavy atom. The molecule has 2 aromatic rings. The Bertz CT molecular complexity index is 860. The maximum Gasteiger partial charge on any atom is 0.412 e. The number of amides is 2. The average molecular weight is 424 g/mol. The number of hydrogen-bond donors (Lipinski definition) is 2. The van der Waals surface area contributed by atoms with E-state index in [1.54, 1.807) is 24.3 Å². The molecule has 0 saturated carbocycles. The lowest BCUT2D eigenvalue weighted by atomic mass is 9.97. The van der Waals surface area contributed by atoms with Crippen LogP contribution in [0.1, 0.15) is 49.5 Å². The molecule has 6 nitrogen and oxygen atoms in total. The third kappa shape index (κ3) is 7.72. The van der Waals surface area contributed by atoms with Gasteiger partial charge in [-0.3, -0.25) is 15.0 Å². The normalized spacial score (nSPS) is 17.1. The fourth-order valence-electron chi connectivity index (χ4n) is 3.77. The van der Waals surface area contributed by atoms with E-state index in [4.69, 9.17) is 4.74 Å². The summed E-state index contributed by atoms with van der Waals surface area (Å²) in [6, 6.07) is 17.4. The first-order valence-corrected chi connectivity index (χ1v) is 10.9. The molecule has 1 atom stereocenters. The molecule has 166 valence electrons. The lowest BCUT2D eigenvalue weighted by Crippen LogP contribution is -2.40. The van der Waals surface area contributed by atoms with Crippen LogP contribution in [0.3, 0.4) is 0 Å². The minimum atomic E-state index is -0.556. The molecule has 1 unspecified atom stereocenters. The summed E-state index contributed by atoms with van der Waals surface area (Å²) in [5.41, 5.74) is 1.94. The number of carbonyl (C=O) groups excluding carboxylic acids is 2. The van der Waals surface area contributed by atoms with Crippen molar-refractivity contribution in [1.29, 1.82) is 0 Å². The fourth-order valence-corrected chi connectivity index (χ4v) is 3.77. The molecule has 2 N–H and O–H groups in total. The van der Waals surface area contributed by atoms with E-state index in [0.29, 0.717) is 23.7 Å². The Morgan fingerprint density at radius 2 is 1.77 bits per heavy atom. The molecule has 0 bridgehead atoms. The molecule has 0 aliphatic carbocycles. The Kier molecular flexibility index (Phi) is 7.69. The van der Waals surface area contributed by atoms with Gasteiger partial charge >= 0.3 is 6.09 Å². The van der Waals surface area contributed by atoms with Gasteiger partial charge in [-0.05, 0) is 75.9 Å². The lowest BCUT2D eigenvalue weighted by molar-refractivity contribution is 0.0635. The topological polar surface area (TPSA) is 70.7 Å². The van der Waals surface area contributed by atoms with Gasteiger partial charge in [0.25, 0.3) is 5.91 Å². The van der Waals surface area contributed by atoms with Crippen LogP contribution in [-0.2, 0) is 11.3 Å². The molecule has 1 saturated heterocycles. The van der Waals surface area contributed by atoms with Crippen molar-refractivity contribution in [3.63, 3.8) is 0 Å². The van der Waals surface area contributed by atoms with Gasteiger partial charge in [0, 0.05) is 30.9 Å². The van der Waals surface area contributed by atoms with Crippen LogP contribution >= 0.6 is 0 Å². The molecule has 1 heterocycles. The quantitative estimate of drug-likeness (QED) is 0.708. The highest BCUT2D eigenvalue weighted by Gasteiger charge is 2.21. The number of piperidine rings is 1. The minimum Gasteiger partial charge on any atom is -0.444 e. The molecule has 31 heavy (non-hydrogen) atoms. The zero-order valence-electron chi connectivity index (χ0n) is 18.7. The number of benzene rings is 2. The van der Waals surface area contributed by atoms with Gasteiger partial charge in [-0.1, -0.05) is 30.3 Å². The summed E-state index contributed by atoms with van der Waals surface area (Å²) in [5.74, 6) is 0.360. The molecule has 0 radical (unpaired) electrons. The molecule has 3 rings (SSSR count). The van der Waals surface area contributed by atoms with Gasteiger partial charge in [0.05, 0.1) is 0 Å². The van der Waals surface area contributed by atoms with Gasteiger partial charge in [-0.2, -0.15) is 0 Å². The second-order valence-corrected chi connectivity index (χ2v) is 9.14. The maximum absolute atomic E-state index is 12.5. The highest BCUT2D eigenvalue weighted by molar-refractivity contribution is 5.95. The number of carbonyl (C=O) groups is 2. The minimum absolute atomic E-state index is 0.0935. The van der Waals surface area contributed by atoms with E-state index in [1.807, 2.05) is 26.8 Å². The summed E-state index contributed by atoms with van der Waals surface area (Å²) in [6.45, 7) is 9.16. The van der Waals surface area contributed by atoms with Gasteiger partial charge in [0.15, 0.2) is 0 Å². The molecular weight excluding hydrogens is 390 g/mol. The number of likely N-dealkylation sites (tertiary alicyclic amines) is 1. The van der Waals surface area contributed by atoms with E-state index in [1.165, 1.54) is 5.56 Å². The molecule has 2 aromatic carbocycles.